The number of anilines is 1. The van der Waals surface area contributed by atoms with Crippen LogP contribution in [0.2, 0.25) is 0 Å². The minimum atomic E-state index is -0.475. The normalized spacial score (nSPS) is 11.2. The maximum atomic E-state index is 12.0. The Morgan fingerprint density at radius 2 is 1.72 bits per heavy atom. The SMILES string of the molecule is CC(C)CN(CC(C)C)c1ncnc(Oc2cccc3cccnc23)c1[N+](=O)[O-]. The van der Waals surface area contributed by atoms with Crippen LogP contribution in [0.1, 0.15) is 27.7 Å². The van der Waals surface area contributed by atoms with Crippen molar-refractivity contribution in [2.45, 2.75) is 27.7 Å². The summed E-state index contributed by atoms with van der Waals surface area (Å²) in [5.41, 5.74) is 0.382. The van der Waals surface area contributed by atoms with Gasteiger partial charge in [0.05, 0.1) is 4.92 Å². The molecule has 8 heteroatoms. The van der Waals surface area contributed by atoms with Gasteiger partial charge in [0.1, 0.15) is 11.8 Å². The topological polar surface area (TPSA) is 94.3 Å². The molecule has 3 rings (SSSR count). The van der Waals surface area contributed by atoms with Crippen LogP contribution in [0.4, 0.5) is 11.5 Å². The Morgan fingerprint density at radius 3 is 2.38 bits per heavy atom. The number of aromatic nitrogens is 3. The Labute approximate surface area is 169 Å². The van der Waals surface area contributed by atoms with E-state index in [0.29, 0.717) is 36.2 Å². The van der Waals surface area contributed by atoms with Crippen molar-refractivity contribution in [3.8, 4) is 11.6 Å². The van der Waals surface area contributed by atoms with Crippen LogP contribution in [0.15, 0.2) is 42.9 Å². The standard InChI is InChI=1S/C21H25N5O3/c1-14(2)11-25(12-15(3)4)20-19(26(27)28)21(24-13-23-20)29-17-9-5-7-16-8-6-10-22-18(16)17/h5-10,13-15H,11-12H2,1-4H3. The first-order valence-corrected chi connectivity index (χ1v) is 9.62. The first kappa shape index (κ1) is 20.4. The zero-order valence-electron chi connectivity index (χ0n) is 17.1. The highest BCUT2D eigenvalue weighted by molar-refractivity contribution is 5.84. The number of fused-ring (bicyclic) bond motifs is 1. The smallest absolute Gasteiger partial charge is 0.373 e. The first-order chi connectivity index (χ1) is 13.9. The lowest BCUT2D eigenvalue weighted by molar-refractivity contribution is -0.385. The molecule has 0 aliphatic rings. The van der Waals surface area contributed by atoms with Crippen LogP contribution in [0.25, 0.3) is 10.9 Å². The van der Waals surface area contributed by atoms with Gasteiger partial charge in [-0.3, -0.25) is 15.1 Å². The highest BCUT2D eigenvalue weighted by atomic mass is 16.6. The number of ether oxygens (including phenoxy) is 1. The Balaban J connectivity index is 2.07. The van der Waals surface area contributed by atoms with Crippen molar-refractivity contribution in [1.29, 1.82) is 0 Å². The summed E-state index contributed by atoms with van der Waals surface area (Å²) in [4.78, 5) is 26.1. The third kappa shape index (κ3) is 4.77. The van der Waals surface area contributed by atoms with Gasteiger partial charge in [-0.2, -0.15) is 4.98 Å². The van der Waals surface area contributed by atoms with Gasteiger partial charge in [-0.15, -0.1) is 0 Å². The lowest BCUT2D eigenvalue weighted by atomic mass is 10.1. The summed E-state index contributed by atoms with van der Waals surface area (Å²) >= 11 is 0. The second-order valence-corrected chi connectivity index (χ2v) is 7.73. The fraction of sp³-hybridized carbons (Fsp3) is 0.381. The minimum absolute atomic E-state index is 0.0873. The van der Waals surface area contributed by atoms with E-state index in [1.54, 1.807) is 12.3 Å². The van der Waals surface area contributed by atoms with Crippen LogP contribution >= 0.6 is 0 Å². The Morgan fingerprint density at radius 1 is 1.03 bits per heavy atom. The molecule has 0 amide bonds. The quantitative estimate of drug-likeness (QED) is 0.398. The molecule has 1 aromatic carbocycles. The van der Waals surface area contributed by atoms with Crippen LogP contribution in [0.5, 0.6) is 11.6 Å². The Kier molecular flexibility index (Phi) is 6.21. The number of benzene rings is 1. The second-order valence-electron chi connectivity index (χ2n) is 7.73. The van der Waals surface area contributed by atoms with Gasteiger partial charge in [0.15, 0.2) is 5.75 Å². The van der Waals surface area contributed by atoms with Gasteiger partial charge in [0, 0.05) is 24.7 Å². The van der Waals surface area contributed by atoms with E-state index in [1.807, 2.05) is 29.2 Å². The van der Waals surface area contributed by atoms with Crippen molar-refractivity contribution in [3.05, 3.63) is 53.0 Å². The van der Waals surface area contributed by atoms with Crippen molar-refractivity contribution in [2.75, 3.05) is 18.0 Å². The molecule has 0 saturated heterocycles. The molecular formula is C21H25N5O3. The van der Waals surface area contributed by atoms with Gasteiger partial charge >= 0.3 is 11.6 Å². The van der Waals surface area contributed by atoms with E-state index in [4.69, 9.17) is 4.74 Å². The van der Waals surface area contributed by atoms with E-state index in [9.17, 15) is 10.1 Å². The average molecular weight is 395 g/mol. The molecule has 8 nitrogen and oxygen atoms in total. The number of hydrogen-bond acceptors (Lipinski definition) is 7. The highest BCUT2D eigenvalue weighted by Crippen LogP contribution is 2.38. The zero-order chi connectivity index (χ0) is 21.0. The molecule has 0 spiro atoms. The van der Waals surface area contributed by atoms with E-state index in [-0.39, 0.29) is 17.4 Å². The largest absolute Gasteiger partial charge is 0.431 e. The maximum Gasteiger partial charge on any atom is 0.373 e. The molecule has 2 heterocycles. The van der Waals surface area contributed by atoms with Crippen molar-refractivity contribution in [2.24, 2.45) is 11.8 Å². The Bertz CT molecular complexity index is 991. The van der Waals surface area contributed by atoms with Crippen LogP contribution in [-0.4, -0.2) is 33.0 Å². The summed E-state index contributed by atoms with van der Waals surface area (Å²) in [5.74, 6) is 1.23. The summed E-state index contributed by atoms with van der Waals surface area (Å²) in [6.45, 7) is 9.56. The van der Waals surface area contributed by atoms with Gasteiger partial charge in [0.2, 0.25) is 5.82 Å². The van der Waals surface area contributed by atoms with Crippen molar-refractivity contribution in [3.63, 3.8) is 0 Å². The summed E-state index contributed by atoms with van der Waals surface area (Å²) < 4.78 is 5.90. The van der Waals surface area contributed by atoms with Crippen LogP contribution in [-0.2, 0) is 0 Å². The number of para-hydroxylation sites is 1. The lowest BCUT2D eigenvalue weighted by Gasteiger charge is -2.27. The number of hydrogen-bond donors (Lipinski definition) is 0. The minimum Gasteiger partial charge on any atom is -0.431 e. The molecule has 152 valence electrons. The monoisotopic (exact) mass is 395 g/mol. The molecular weight excluding hydrogens is 370 g/mol. The number of nitro groups is 1. The fourth-order valence-corrected chi connectivity index (χ4v) is 3.21. The number of rotatable bonds is 8. The highest BCUT2D eigenvalue weighted by Gasteiger charge is 2.29. The predicted octanol–water partition coefficient (Wildman–Crippen LogP) is 4.84. The third-order valence-electron chi connectivity index (χ3n) is 4.22. The van der Waals surface area contributed by atoms with E-state index >= 15 is 0 Å². The van der Waals surface area contributed by atoms with E-state index in [0.717, 1.165) is 5.39 Å². The van der Waals surface area contributed by atoms with Gasteiger partial charge in [0.25, 0.3) is 0 Å². The summed E-state index contributed by atoms with van der Waals surface area (Å²) in [7, 11) is 0. The Hall–Kier alpha value is -3.29. The molecule has 0 atom stereocenters. The lowest BCUT2D eigenvalue weighted by Crippen LogP contribution is -2.32. The molecule has 0 aliphatic heterocycles. The van der Waals surface area contributed by atoms with Crippen LogP contribution in [0.3, 0.4) is 0 Å². The van der Waals surface area contributed by atoms with Gasteiger partial charge < -0.3 is 9.64 Å². The van der Waals surface area contributed by atoms with E-state index in [2.05, 4.69) is 42.6 Å². The number of pyridine rings is 1. The molecule has 0 aliphatic carbocycles. The molecule has 0 fully saturated rings. The van der Waals surface area contributed by atoms with Crippen LogP contribution < -0.4 is 9.64 Å². The molecule has 0 bridgehead atoms. The molecule has 3 aromatic rings. The van der Waals surface area contributed by atoms with Crippen molar-refractivity contribution in [1.82, 2.24) is 15.0 Å². The third-order valence-corrected chi connectivity index (χ3v) is 4.22. The molecule has 0 N–H and O–H groups in total. The van der Waals surface area contributed by atoms with Crippen molar-refractivity contribution >= 4 is 22.4 Å². The van der Waals surface area contributed by atoms with E-state index in [1.165, 1.54) is 6.33 Å². The molecule has 29 heavy (non-hydrogen) atoms. The second kappa shape index (κ2) is 8.81. The first-order valence-electron chi connectivity index (χ1n) is 9.62. The van der Waals surface area contributed by atoms with E-state index < -0.39 is 4.92 Å². The van der Waals surface area contributed by atoms with Gasteiger partial charge in [-0.1, -0.05) is 45.9 Å². The summed E-state index contributed by atoms with van der Waals surface area (Å²) in [5, 5.41) is 12.9. The summed E-state index contributed by atoms with van der Waals surface area (Å²) in [6, 6.07) is 9.18. The summed E-state index contributed by atoms with van der Waals surface area (Å²) in [6.07, 6.45) is 2.96. The van der Waals surface area contributed by atoms with Crippen LogP contribution in [0, 0.1) is 22.0 Å². The molecule has 0 unspecified atom stereocenters. The molecule has 2 aromatic heterocycles. The predicted molar refractivity (Wildman–Crippen MR) is 112 cm³/mol. The molecule has 0 radical (unpaired) electrons. The molecule has 0 saturated carbocycles. The maximum absolute atomic E-state index is 12.0. The zero-order valence-corrected chi connectivity index (χ0v) is 17.1. The number of nitrogens with zero attached hydrogens (tertiary/aromatic N) is 5. The average Bonchev–Trinajstić information content (AvgIpc) is 2.66. The van der Waals surface area contributed by atoms with Gasteiger partial charge in [-0.05, 0) is 24.0 Å². The van der Waals surface area contributed by atoms with Gasteiger partial charge in [-0.25, -0.2) is 4.98 Å². The van der Waals surface area contributed by atoms with Crippen molar-refractivity contribution < 1.29 is 9.66 Å². The fourth-order valence-electron chi connectivity index (χ4n) is 3.21.